The quantitative estimate of drug-likeness (QED) is 0.324. The van der Waals surface area contributed by atoms with E-state index < -0.39 is 8.07 Å². The van der Waals surface area contributed by atoms with Gasteiger partial charge in [0.15, 0.2) is 0 Å². The molecule has 2 N–H and O–H groups in total. The molecule has 26 heavy (non-hydrogen) atoms. The first-order valence-electron chi connectivity index (χ1n) is 8.77. The number of hydrogen-bond acceptors (Lipinski definition) is 2. The third-order valence-electron chi connectivity index (χ3n) is 4.44. The monoisotopic (exact) mass is 375 g/mol. The highest BCUT2D eigenvalue weighted by molar-refractivity contribution is 8.08. The van der Waals surface area contributed by atoms with E-state index >= 15 is 0 Å². The zero-order chi connectivity index (χ0) is 18.7. The lowest BCUT2D eigenvalue weighted by atomic mass is 10.0. The van der Waals surface area contributed by atoms with Crippen LogP contribution < -0.4 is 10.9 Å². The van der Waals surface area contributed by atoms with Crippen LogP contribution in [0.3, 0.4) is 0 Å². The number of anilines is 1. The summed E-state index contributed by atoms with van der Waals surface area (Å²) in [7, 11) is -1.25. The van der Waals surface area contributed by atoms with Gasteiger partial charge in [0.25, 0.3) is 0 Å². The lowest BCUT2D eigenvalue weighted by Crippen LogP contribution is -2.37. The summed E-state index contributed by atoms with van der Waals surface area (Å²) in [5, 5.41) is 1.49. The van der Waals surface area contributed by atoms with Gasteiger partial charge in [-0.1, -0.05) is 104 Å². The minimum absolute atomic E-state index is 0.790. The van der Waals surface area contributed by atoms with Crippen molar-refractivity contribution in [3.05, 3.63) is 84.9 Å². The second-order valence-electron chi connectivity index (χ2n) is 7.47. The van der Waals surface area contributed by atoms with Gasteiger partial charge >= 0.3 is 0 Å². The van der Waals surface area contributed by atoms with Crippen LogP contribution >= 0.6 is 11.8 Å². The van der Waals surface area contributed by atoms with Gasteiger partial charge in [0.05, 0.1) is 8.07 Å². The van der Waals surface area contributed by atoms with Crippen LogP contribution in [0.15, 0.2) is 84.3 Å². The number of nitrogen functional groups attached to an aromatic ring is 1. The van der Waals surface area contributed by atoms with E-state index in [9.17, 15) is 0 Å². The summed E-state index contributed by atoms with van der Waals surface area (Å²) >= 11 is 1.61. The smallest absolute Gasteiger partial charge is 0.0775 e. The van der Waals surface area contributed by atoms with Crippen molar-refractivity contribution in [2.24, 2.45) is 0 Å². The van der Waals surface area contributed by atoms with Gasteiger partial charge in [-0.25, -0.2) is 0 Å². The minimum atomic E-state index is -1.25. The standard InChI is InChI=1S/C23H25NSSi/c1-17(25-23-8-6-5-7-22(23)24)18-9-11-19(12-10-18)20-13-15-21(16-14-20)26(2,3)4/h5-16H,1,24H2,2-4H3. The van der Waals surface area contributed by atoms with Crippen molar-refractivity contribution >= 4 is 35.6 Å². The highest BCUT2D eigenvalue weighted by atomic mass is 32.2. The van der Waals surface area contributed by atoms with Gasteiger partial charge in [-0.15, -0.1) is 0 Å². The van der Waals surface area contributed by atoms with Gasteiger partial charge < -0.3 is 5.73 Å². The second kappa shape index (κ2) is 7.56. The first kappa shape index (κ1) is 18.6. The largest absolute Gasteiger partial charge is 0.398 e. The van der Waals surface area contributed by atoms with Gasteiger partial charge in [-0.2, -0.15) is 0 Å². The van der Waals surface area contributed by atoms with Crippen LogP contribution in [0.2, 0.25) is 19.6 Å². The Kier molecular flexibility index (Phi) is 5.40. The highest BCUT2D eigenvalue weighted by Crippen LogP contribution is 2.36. The summed E-state index contributed by atoms with van der Waals surface area (Å²) in [6.07, 6.45) is 0. The number of hydrogen-bond donors (Lipinski definition) is 1. The Balaban J connectivity index is 1.76. The number of nitrogens with two attached hydrogens (primary N) is 1. The predicted molar refractivity (Wildman–Crippen MR) is 121 cm³/mol. The molecule has 1 nitrogen and oxygen atoms in total. The van der Waals surface area contributed by atoms with Crippen LogP contribution in [0.4, 0.5) is 5.69 Å². The first-order valence-corrected chi connectivity index (χ1v) is 13.1. The van der Waals surface area contributed by atoms with E-state index in [4.69, 9.17) is 5.73 Å². The van der Waals surface area contributed by atoms with Crippen molar-refractivity contribution in [2.45, 2.75) is 24.5 Å². The summed E-state index contributed by atoms with van der Waals surface area (Å²) in [6.45, 7) is 11.3. The fourth-order valence-electron chi connectivity index (χ4n) is 2.78. The maximum Gasteiger partial charge on any atom is 0.0775 e. The van der Waals surface area contributed by atoms with Crippen LogP contribution in [0.25, 0.3) is 16.0 Å². The summed E-state index contributed by atoms with van der Waals surface area (Å²) < 4.78 is 0. The summed E-state index contributed by atoms with van der Waals surface area (Å²) in [5.74, 6) is 0. The fourth-order valence-corrected chi connectivity index (χ4v) is 4.79. The zero-order valence-electron chi connectivity index (χ0n) is 15.6. The summed E-state index contributed by atoms with van der Waals surface area (Å²) in [6, 6.07) is 25.5. The van der Waals surface area contributed by atoms with Crippen molar-refractivity contribution < 1.29 is 0 Å². The Bertz CT molecular complexity index is 906. The number of rotatable bonds is 5. The molecule has 132 valence electrons. The molecule has 0 amide bonds. The second-order valence-corrected chi connectivity index (χ2v) is 13.7. The number of benzene rings is 3. The molecule has 0 spiro atoms. The Morgan fingerprint density at radius 3 is 1.88 bits per heavy atom. The predicted octanol–water partition coefficient (Wildman–Crippen LogP) is 6.24. The first-order chi connectivity index (χ1) is 12.3. The van der Waals surface area contributed by atoms with Gasteiger partial charge in [0.1, 0.15) is 0 Å². The summed E-state index contributed by atoms with van der Waals surface area (Å²) in [5.41, 5.74) is 10.4. The topological polar surface area (TPSA) is 26.0 Å². The average Bonchev–Trinajstić information content (AvgIpc) is 2.63. The SMILES string of the molecule is C=C(Sc1ccccc1N)c1ccc(-c2ccc([Si](C)(C)C)cc2)cc1. The van der Waals surface area contributed by atoms with Crippen LogP contribution in [-0.4, -0.2) is 8.07 Å². The van der Waals surface area contributed by atoms with Crippen molar-refractivity contribution in [2.75, 3.05) is 5.73 Å². The molecule has 0 atom stereocenters. The molecule has 0 aliphatic carbocycles. The Labute approximate surface area is 162 Å². The number of thioether (sulfide) groups is 1. The third kappa shape index (κ3) is 4.29. The minimum Gasteiger partial charge on any atom is -0.398 e. The van der Waals surface area contributed by atoms with Crippen LogP contribution in [0.1, 0.15) is 5.56 Å². The van der Waals surface area contributed by atoms with Gasteiger partial charge in [-0.05, 0) is 28.8 Å². The Morgan fingerprint density at radius 1 is 0.808 bits per heavy atom. The Hall–Kier alpha value is -2.23. The molecular weight excluding hydrogens is 350 g/mol. The molecule has 0 radical (unpaired) electrons. The van der Waals surface area contributed by atoms with E-state index in [0.29, 0.717) is 0 Å². The molecule has 0 unspecified atom stereocenters. The van der Waals surface area contributed by atoms with Crippen LogP contribution in [0, 0.1) is 0 Å². The molecular formula is C23H25NSSi. The van der Waals surface area contributed by atoms with Crippen molar-refractivity contribution in [1.29, 1.82) is 0 Å². The van der Waals surface area contributed by atoms with E-state index in [2.05, 4.69) is 74.8 Å². The van der Waals surface area contributed by atoms with E-state index in [-0.39, 0.29) is 0 Å². The Morgan fingerprint density at radius 2 is 1.35 bits per heavy atom. The van der Waals surface area contributed by atoms with Crippen LogP contribution in [-0.2, 0) is 0 Å². The van der Waals surface area contributed by atoms with E-state index in [1.54, 1.807) is 11.8 Å². The molecule has 3 rings (SSSR count). The van der Waals surface area contributed by atoms with Gasteiger partial charge in [-0.3, -0.25) is 0 Å². The van der Waals surface area contributed by atoms with Crippen LogP contribution in [0.5, 0.6) is 0 Å². The molecule has 3 heteroatoms. The molecule has 0 aromatic heterocycles. The molecule has 3 aromatic rings. The van der Waals surface area contributed by atoms with Crippen molar-refractivity contribution in [3.63, 3.8) is 0 Å². The molecule has 0 fully saturated rings. The molecule has 0 aliphatic heterocycles. The van der Waals surface area contributed by atoms with Gasteiger partial charge in [0.2, 0.25) is 0 Å². The molecule has 0 aliphatic rings. The highest BCUT2D eigenvalue weighted by Gasteiger charge is 2.15. The molecule has 0 saturated carbocycles. The molecule has 0 saturated heterocycles. The molecule has 3 aromatic carbocycles. The van der Waals surface area contributed by atoms with E-state index in [0.717, 1.165) is 21.1 Å². The summed E-state index contributed by atoms with van der Waals surface area (Å²) in [4.78, 5) is 2.05. The fraction of sp³-hybridized carbons (Fsp3) is 0.130. The van der Waals surface area contributed by atoms with Gasteiger partial charge in [0, 0.05) is 15.5 Å². The lowest BCUT2D eigenvalue weighted by Gasteiger charge is -2.17. The maximum absolute atomic E-state index is 6.03. The average molecular weight is 376 g/mol. The third-order valence-corrected chi connectivity index (χ3v) is 7.58. The maximum atomic E-state index is 6.03. The van der Waals surface area contributed by atoms with E-state index in [1.165, 1.54) is 16.3 Å². The van der Waals surface area contributed by atoms with Crippen molar-refractivity contribution in [1.82, 2.24) is 0 Å². The van der Waals surface area contributed by atoms with Crippen molar-refractivity contribution in [3.8, 4) is 11.1 Å². The molecule has 0 heterocycles. The van der Waals surface area contributed by atoms with E-state index in [1.807, 2.05) is 24.3 Å². The molecule has 0 bridgehead atoms. The zero-order valence-corrected chi connectivity index (χ0v) is 17.4. The number of para-hydroxylation sites is 1. The normalized spacial score (nSPS) is 11.3. The lowest BCUT2D eigenvalue weighted by molar-refractivity contribution is 1.47.